The van der Waals surface area contributed by atoms with Gasteiger partial charge in [-0.15, -0.1) is 23.5 Å². The average Bonchev–Trinajstić information content (AvgIpc) is 4.03. The van der Waals surface area contributed by atoms with Crippen LogP contribution in [0.3, 0.4) is 0 Å². The molecule has 0 bridgehead atoms. The summed E-state index contributed by atoms with van der Waals surface area (Å²) in [5, 5.41) is 18.9. The number of thioether (sulfide) groups is 2. The summed E-state index contributed by atoms with van der Waals surface area (Å²) in [7, 11) is 3.55. The molecule has 9 rings (SSSR count). The Balaban J connectivity index is 0.841. The van der Waals surface area contributed by atoms with Gasteiger partial charge in [0.25, 0.3) is 0 Å². The van der Waals surface area contributed by atoms with Crippen LogP contribution in [0.4, 0.5) is 0 Å². The van der Waals surface area contributed by atoms with Crippen LogP contribution >= 0.6 is 35.7 Å². The van der Waals surface area contributed by atoms with Crippen molar-refractivity contribution in [3.8, 4) is 0 Å². The van der Waals surface area contributed by atoms with Gasteiger partial charge in [0.05, 0.1) is 65.3 Å². The molecule has 3 aromatic rings. The van der Waals surface area contributed by atoms with E-state index < -0.39 is 53.1 Å². The molecule has 0 aromatic heterocycles. The highest BCUT2D eigenvalue weighted by molar-refractivity contribution is 8.00. The molecule has 4 saturated heterocycles. The maximum atomic E-state index is 14.7. The SMILES string of the molecule is CN[C@@H](C)C(=O)N[C@H]1CCS[C@H]2CC(C)(C)[C@@H](C(=O)N[C@H]3c4ccccc4C[C@H]3OCc3ccc(CO[C@@H]4Cc5ccccc5[C@@H]4NC(=O)[C@H]4N5C(=O)[C@@H](NC(=S)[C@H](C)NC)CCS[C@H]5CC4(C)C)cc3)N2C1=O. The Labute approximate surface area is 450 Å². The minimum atomic E-state index is -0.732. The number of nitrogens with zero attached hydrogens (tertiary/aromatic N) is 2. The fraction of sp³-hybridized carbons (Fsp3) is 0.571. The fourth-order valence-electron chi connectivity index (χ4n) is 11.9. The van der Waals surface area contributed by atoms with E-state index in [9.17, 15) is 24.0 Å². The Morgan fingerprint density at radius 3 is 1.49 bits per heavy atom. The monoisotopic (exact) mass is 1070 g/mol. The molecule has 0 radical (unpaired) electrons. The second-order valence-electron chi connectivity index (χ2n) is 22.3. The molecular formula is C56H74N8O7S3. The molecule has 18 heteroatoms. The van der Waals surface area contributed by atoms with Crippen molar-refractivity contribution in [2.75, 3.05) is 25.6 Å². The van der Waals surface area contributed by atoms with Gasteiger partial charge < -0.3 is 51.2 Å². The zero-order chi connectivity index (χ0) is 52.6. The molecule has 398 valence electrons. The van der Waals surface area contributed by atoms with Gasteiger partial charge in [-0.1, -0.05) is 113 Å². The van der Waals surface area contributed by atoms with Gasteiger partial charge >= 0.3 is 0 Å². The molecule has 4 heterocycles. The molecule has 3 aromatic carbocycles. The number of rotatable bonds is 16. The van der Waals surface area contributed by atoms with Gasteiger partial charge in [0.2, 0.25) is 29.5 Å². The summed E-state index contributed by atoms with van der Waals surface area (Å²) in [6.45, 7) is 12.6. The Morgan fingerprint density at radius 1 is 0.635 bits per heavy atom. The van der Waals surface area contributed by atoms with Crippen molar-refractivity contribution in [3.63, 3.8) is 0 Å². The number of fused-ring (bicyclic) bond motifs is 4. The minimum Gasteiger partial charge on any atom is -0.371 e. The number of amides is 5. The van der Waals surface area contributed by atoms with Crippen molar-refractivity contribution >= 4 is 70.3 Å². The normalized spacial score (nSPS) is 29.5. The molecule has 6 N–H and O–H groups in total. The first-order valence-electron chi connectivity index (χ1n) is 26.3. The smallest absolute Gasteiger partial charge is 0.246 e. The van der Waals surface area contributed by atoms with Gasteiger partial charge in [0, 0.05) is 12.8 Å². The summed E-state index contributed by atoms with van der Waals surface area (Å²) in [6, 6.07) is 20.4. The van der Waals surface area contributed by atoms with Gasteiger partial charge in [-0.05, 0) is 109 Å². The highest BCUT2D eigenvalue weighted by Gasteiger charge is 2.57. The lowest BCUT2D eigenvalue weighted by molar-refractivity contribution is -0.144. The van der Waals surface area contributed by atoms with E-state index in [0.717, 1.165) is 39.1 Å². The molecule has 2 aliphatic carbocycles. The first kappa shape index (κ1) is 54.2. The van der Waals surface area contributed by atoms with Gasteiger partial charge in [-0.25, -0.2) is 0 Å². The third-order valence-electron chi connectivity index (χ3n) is 16.3. The van der Waals surface area contributed by atoms with Crippen LogP contribution in [0.2, 0.25) is 0 Å². The summed E-state index contributed by atoms with van der Waals surface area (Å²) >= 11 is 9.06. The largest absolute Gasteiger partial charge is 0.371 e. The van der Waals surface area contributed by atoms with Crippen LogP contribution in [0.1, 0.15) is 113 Å². The number of likely N-dealkylation sites (N-methyl/N-ethyl adjacent to an activating group) is 2. The second kappa shape index (κ2) is 22.6. The maximum Gasteiger partial charge on any atom is 0.246 e. The maximum absolute atomic E-state index is 14.7. The van der Waals surface area contributed by atoms with Crippen LogP contribution in [0.5, 0.6) is 0 Å². The quantitative estimate of drug-likeness (QED) is 0.0999. The Kier molecular flexibility index (Phi) is 16.5. The van der Waals surface area contributed by atoms with Crippen molar-refractivity contribution in [1.82, 2.24) is 41.7 Å². The predicted octanol–water partition coefficient (Wildman–Crippen LogP) is 5.45. The van der Waals surface area contributed by atoms with Crippen molar-refractivity contribution < 1.29 is 33.4 Å². The van der Waals surface area contributed by atoms with Crippen LogP contribution in [-0.2, 0) is 59.5 Å². The molecule has 5 amide bonds. The first-order chi connectivity index (χ1) is 35.4. The van der Waals surface area contributed by atoms with E-state index >= 15 is 0 Å². The summed E-state index contributed by atoms with van der Waals surface area (Å²) in [5.74, 6) is 0.531. The van der Waals surface area contributed by atoms with E-state index in [1.807, 2.05) is 87.3 Å². The molecule has 15 nitrogen and oxygen atoms in total. The zero-order valence-corrected chi connectivity index (χ0v) is 46.4. The summed E-state index contributed by atoms with van der Waals surface area (Å²) in [4.78, 5) is 75.1. The predicted molar refractivity (Wildman–Crippen MR) is 294 cm³/mol. The van der Waals surface area contributed by atoms with Crippen molar-refractivity contribution in [2.24, 2.45) is 10.8 Å². The van der Waals surface area contributed by atoms with Crippen LogP contribution in [0.15, 0.2) is 72.8 Å². The highest BCUT2D eigenvalue weighted by Crippen LogP contribution is 2.49. The van der Waals surface area contributed by atoms with Crippen LogP contribution < -0.4 is 31.9 Å². The molecule has 6 aliphatic rings. The number of benzene rings is 3. The lowest BCUT2D eigenvalue weighted by Crippen LogP contribution is -2.58. The number of carbonyl (C=O) groups excluding carboxylic acids is 5. The number of carbonyl (C=O) groups is 5. The van der Waals surface area contributed by atoms with E-state index in [1.54, 1.807) is 42.4 Å². The van der Waals surface area contributed by atoms with E-state index in [0.29, 0.717) is 62.5 Å². The van der Waals surface area contributed by atoms with Crippen LogP contribution in [0.25, 0.3) is 0 Å². The van der Waals surface area contributed by atoms with E-state index in [1.165, 1.54) is 0 Å². The fourth-order valence-corrected chi connectivity index (χ4v) is 15.3. The Hall–Kier alpha value is -4.56. The number of ether oxygens (including phenoxy) is 2. The van der Waals surface area contributed by atoms with E-state index in [-0.39, 0.29) is 58.5 Å². The van der Waals surface area contributed by atoms with Crippen molar-refractivity contribution in [2.45, 2.75) is 165 Å². The van der Waals surface area contributed by atoms with Gasteiger partial charge in [-0.3, -0.25) is 24.0 Å². The first-order valence-corrected chi connectivity index (χ1v) is 28.8. The molecule has 74 heavy (non-hydrogen) atoms. The third-order valence-corrected chi connectivity index (χ3v) is 19.3. The average molecular weight is 1070 g/mol. The summed E-state index contributed by atoms with van der Waals surface area (Å²) in [5.41, 5.74) is 5.23. The molecule has 12 atom stereocenters. The third kappa shape index (κ3) is 11.1. The Bertz CT molecular complexity index is 2430. The molecule has 0 spiro atoms. The summed E-state index contributed by atoms with van der Waals surface area (Å²) < 4.78 is 13.4. The van der Waals surface area contributed by atoms with Gasteiger partial charge in [-0.2, -0.15) is 0 Å². The highest BCUT2D eigenvalue weighted by atomic mass is 32.2. The zero-order valence-electron chi connectivity index (χ0n) is 43.9. The van der Waals surface area contributed by atoms with E-state index in [4.69, 9.17) is 21.7 Å². The lowest BCUT2D eigenvalue weighted by atomic mass is 9.83. The molecule has 0 unspecified atom stereocenters. The van der Waals surface area contributed by atoms with Gasteiger partial charge in [0.1, 0.15) is 24.2 Å². The molecular weight excluding hydrogens is 993 g/mol. The number of thiocarbonyl (C=S) groups is 1. The number of hydrogen-bond acceptors (Lipinski definition) is 12. The lowest BCUT2D eigenvalue weighted by Gasteiger charge is -2.35. The van der Waals surface area contributed by atoms with Crippen molar-refractivity contribution in [1.29, 1.82) is 0 Å². The number of hydrogen-bond donors (Lipinski definition) is 6. The molecule has 0 saturated carbocycles. The summed E-state index contributed by atoms with van der Waals surface area (Å²) in [6.07, 6.45) is 3.08. The van der Waals surface area contributed by atoms with E-state index in [2.05, 4.69) is 63.9 Å². The topological polar surface area (TPSA) is 182 Å². The Morgan fingerprint density at radius 2 is 1.05 bits per heavy atom. The van der Waals surface area contributed by atoms with Crippen molar-refractivity contribution in [3.05, 3.63) is 106 Å². The standard InChI is InChI=1S/C56H74N8O7S3/c1-31(57-7)49(65)59-39-21-23-73-43-27-55(3,4)47(63(43)53(39)68)50(66)61-45-37-15-11-9-13-35(37)25-41(45)70-29-33-17-19-34(20-18-33)30-71-42-26-36-14-10-12-16-38(36)46(42)62-51(67)48-56(5,6)28-44-64(48)54(69)40(22-24-74-44)60-52(72)32(2)58-8/h9-20,31-32,39-48,57-58H,21-30H2,1-8H3,(H,59,65)(H,60,72)(H,61,66)(H,62,67)/t31-,32-,39-,40-,41+,42+,43-,44-,45-,46-,47+,48+/m0/s1. The molecule has 4 aliphatic heterocycles. The number of nitrogens with one attached hydrogen (secondary N) is 6. The van der Waals surface area contributed by atoms with Crippen LogP contribution in [-0.4, -0.2) is 129 Å². The minimum absolute atomic E-state index is 0.0873. The van der Waals surface area contributed by atoms with Gasteiger partial charge in [0.15, 0.2) is 0 Å². The second-order valence-corrected chi connectivity index (χ2v) is 25.4. The van der Waals surface area contributed by atoms with Crippen LogP contribution in [0, 0.1) is 10.8 Å². The molecule has 4 fully saturated rings.